The van der Waals surface area contributed by atoms with E-state index in [1.165, 1.54) is 4.46 Å². The van der Waals surface area contributed by atoms with Gasteiger partial charge in [-0.25, -0.2) is 0 Å². The summed E-state index contributed by atoms with van der Waals surface area (Å²) in [6, 6.07) is 41.6. The molecule has 0 saturated carbocycles. The standard InChI is InChI=1S/C33H34O4Se/c1-5-13-26(14-6-1)21-34-24-30-32(36-22-27-15-7-2-8-16-27)33(37-23-28-17-9-3-10-18-28)31(25-35-30)38-29-19-11-4-12-20-29/h1-20,30-33H,21-25H2. The molecule has 4 aromatic carbocycles. The van der Waals surface area contributed by atoms with Crippen LogP contribution < -0.4 is 4.46 Å². The van der Waals surface area contributed by atoms with Gasteiger partial charge in [0.05, 0.1) is 0 Å². The van der Waals surface area contributed by atoms with E-state index in [1.54, 1.807) is 0 Å². The van der Waals surface area contributed by atoms with Gasteiger partial charge in [0.1, 0.15) is 0 Å². The fourth-order valence-corrected chi connectivity index (χ4v) is 7.03. The Kier molecular flexibility index (Phi) is 10.2. The van der Waals surface area contributed by atoms with Gasteiger partial charge in [0.15, 0.2) is 0 Å². The third-order valence-electron chi connectivity index (χ3n) is 6.53. The van der Waals surface area contributed by atoms with Crippen LogP contribution in [-0.4, -0.2) is 46.5 Å². The van der Waals surface area contributed by atoms with E-state index < -0.39 is 0 Å². The summed E-state index contributed by atoms with van der Waals surface area (Å²) >= 11 is 0.173. The zero-order chi connectivity index (χ0) is 25.8. The predicted octanol–water partition coefficient (Wildman–Crippen LogP) is 5.59. The Morgan fingerprint density at radius 3 is 1.61 bits per heavy atom. The van der Waals surface area contributed by atoms with Gasteiger partial charge in [-0.05, 0) is 0 Å². The molecule has 5 heteroatoms. The summed E-state index contributed by atoms with van der Waals surface area (Å²) in [7, 11) is 0. The van der Waals surface area contributed by atoms with Crippen LogP contribution in [0.3, 0.4) is 0 Å². The summed E-state index contributed by atoms with van der Waals surface area (Å²) in [6.45, 7) is 2.65. The molecule has 38 heavy (non-hydrogen) atoms. The van der Waals surface area contributed by atoms with Crippen molar-refractivity contribution in [1.82, 2.24) is 0 Å². The fraction of sp³-hybridized carbons (Fsp3) is 0.273. The van der Waals surface area contributed by atoms with Crippen LogP contribution in [-0.2, 0) is 38.8 Å². The minimum atomic E-state index is -0.251. The van der Waals surface area contributed by atoms with Gasteiger partial charge in [-0.15, -0.1) is 0 Å². The van der Waals surface area contributed by atoms with Crippen molar-refractivity contribution in [3.8, 4) is 0 Å². The number of benzene rings is 4. The Labute approximate surface area is 232 Å². The van der Waals surface area contributed by atoms with E-state index in [2.05, 4.69) is 78.9 Å². The van der Waals surface area contributed by atoms with Gasteiger partial charge in [0.25, 0.3) is 0 Å². The van der Waals surface area contributed by atoms with Crippen LogP contribution in [0.2, 0.25) is 4.82 Å². The quantitative estimate of drug-likeness (QED) is 0.207. The Morgan fingerprint density at radius 2 is 1.05 bits per heavy atom. The van der Waals surface area contributed by atoms with Gasteiger partial charge in [-0.2, -0.15) is 0 Å². The zero-order valence-electron chi connectivity index (χ0n) is 21.4. The summed E-state index contributed by atoms with van der Waals surface area (Å²) < 4.78 is 27.3. The molecule has 0 spiro atoms. The third-order valence-corrected chi connectivity index (χ3v) is 9.15. The van der Waals surface area contributed by atoms with Crippen molar-refractivity contribution >= 4 is 19.4 Å². The molecule has 4 nitrogen and oxygen atoms in total. The number of hydrogen-bond acceptors (Lipinski definition) is 4. The molecule has 0 aliphatic carbocycles. The monoisotopic (exact) mass is 574 g/mol. The van der Waals surface area contributed by atoms with Crippen LogP contribution in [0.15, 0.2) is 121 Å². The molecule has 4 atom stereocenters. The molecule has 1 aliphatic heterocycles. The molecule has 0 bridgehead atoms. The predicted molar refractivity (Wildman–Crippen MR) is 151 cm³/mol. The van der Waals surface area contributed by atoms with Crippen molar-refractivity contribution in [2.45, 2.75) is 42.9 Å². The molecule has 0 radical (unpaired) electrons. The molecule has 196 valence electrons. The number of rotatable bonds is 12. The van der Waals surface area contributed by atoms with E-state index in [0.29, 0.717) is 33.0 Å². The van der Waals surface area contributed by atoms with Crippen LogP contribution >= 0.6 is 0 Å². The number of hydrogen-bond donors (Lipinski definition) is 0. The fourth-order valence-electron chi connectivity index (χ4n) is 4.55. The van der Waals surface area contributed by atoms with Crippen LogP contribution in [0.1, 0.15) is 16.7 Å². The first kappa shape index (κ1) is 26.8. The van der Waals surface area contributed by atoms with Crippen molar-refractivity contribution in [2.75, 3.05) is 13.2 Å². The van der Waals surface area contributed by atoms with Crippen molar-refractivity contribution in [2.24, 2.45) is 0 Å². The van der Waals surface area contributed by atoms with Crippen LogP contribution in [0, 0.1) is 0 Å². The maximum absolute atomic E-state index is 6.70. The molecule has 1 saturated heterocycles. The van der Waals surface area contributed by atoms with Crippen molar-refractivity contribution < 1.29 is 18.9 Å². The van der Waals surface area contributed by atoms with E-state index >= 15 is 0 Å². The molecular weight excluding hydrogens is 539 g/mol. The summed E-state index contributed by atoms with van der Waals surface area (Å²) in [5, 5.41) is 0. The van der Waals surface area contributed by atoms with E-state index in [1.807, 2.05) is 42.5 Å². The van der Waals surface area contributed by atoms with Crippen LogP contribution in [0.25, 0.3) is 0 Å². The molecule has 0 N–H and O–H groups in total. The molecule has 1 heterocycles. The molecule has 1 fully saturated rings. The molecule has 4 unspecified atom stereocenters. The average Bonchev–Trinajstić information content (AvgIpc) is 2.98. The second kappa shape index (κ2) is 14.4. The summed E-state index contributed by atoms with van der Waals surface area (Å²) in [5.74, 6) is 0. The first-order valence-electron chi connectivity index (χ1n) is 13.1. The first-order valence-corrected chi connectivity index (χ1v) is 15.0. The summed E-state index contributed by atoms with van der Waals surface area (Å²) in [4.78, 5) is 0.222. The van der Waals surface area contributed by atoms with E-state index in [4.69, 9.17) is 18.9 Å². The molecular formula is C33H34O4Se. The summed E-state index contributed by atoms with van der Waals surface area (Å²) in [6.07, 6.45) is -0.580. The van der Waals surface area contributed by atoms with Gasteiger partial charge in [0.2, 0.25) is 0 Å². The third kappa shape index (κ3) is 7.87. The summed E-state index contributed by atoms with van der Waals surface area (Å²) in [5.41, 5.74) is 3.44. The second-order valence-corrected chi connectivity index (χ2v) is 12.1. The van der Waals surface area contributed by atoms with Gasteiger partial charge < -0.3 is 0 Å². The second-order valence-electron chi connectivity index (χ2n) is 9.36. The SMILES string of the molecule is c1ccc(COCC2OCC([Se]c3ccccc3)C(OCc3ccccc3)C2OCc2ccccc2)cc1. The molecule has 1 aliphatic rings. The Morgan fingerprint density at radius 1 is 0.579 bits per heavy atom. The van der Waals surface area contributed by atoms with Crippen molar-refractivity contribution in [1.29, 1.82) is 0 Å². The van der Waals surface area contributed by atoms with Crippen molar-refractivity contribution in [3.63, 3.8) is 0 Å². The average molecular weight is 574 g/mol. The van der Waals surface area contributed by atoms with Gasteiger partial charge in [0, 0.05) is 0 Å². The first-order chi connectivity index (χ1) is 18.8. The Hall–Kier alpha value is -2.76. The van der Waals surface area contributed by atoms with Gasteiger partial charge >= 0.3 is 233 Å². The minimum absolute atomic E-state index is 0.113. The van der Waals surface area contributed by atoms with Crippen molar-refractivity contribution in [3.05, 3.63) is 138 Å². The Bertz CT molecular complexity index is 1190. The number of ether oxygens (including phenoxy) is 4. The van der Waals surface area contributed by atoms with Crippen LogP contribution in [0.5, 0.6) is 0 Å². The van der Waals surface area contributed by atoms with E-state index in [0.717, 1.165) is 16.7 Å². The Balaban J connectivity index is 1.34. The van der Waals surface area contributed by atoms with Gasteiger partial charge in [-0.3, -0.25) is 0 Å². The maximum atomic E-state index is 6.70. The van der Waals surface area contributed by atoms with E-state index in [9.17, 15) is 0 Å². The molecule has 0 amide bonds. The molecule has 0 aromatic heterocycles. The topological polar surface area (TPSA) is 36.9 Å². The van der Waals surface area contributed by atoms with E-state index in [-0.39, 0.29) is 38.1 Å². The van der Waals surface area contributed by atoms with Crippen LogP contribution in [0.4, 0.5) is 0 Å². The normalized spacial score (nSPS) is 21.3. The molecule has 4 aromatic rings. The van der Waals surface area contributed by atoms with Gasteiger partial charge in [-0.1, -0.05) is 0 Å². The molecule has 5 rings (SSSR count). The zero-order valence-corrected chi connectivity index (χ0v) is 23.1.